The standard InChI is InChI=1S/C13H18O5/c1-8(2)13(16)18-10(11-7-17-11)6-4-5-9(3)12(14)15/h5,10-11H,1,4,6-7H2,2-3H3,(H,14,15). The van der Waals surface area contributed by atoms with E-state index in [0.29, 0.717) is 25.0 Å². The number of esters is 1. The molecular formula is C13H18O5. The van der Waals surface area contributed by atoms with Crippen LogP contribution < -0.4 is 0 Å². The van der Waals surface area contributed by atoms with Crippen LogP contribution in [0.1, 0.15) is 26.7 Å². The molecule has 0 aromatic heterocycles. The van der Waals surface area contributed by atoms with E-state index in [1.807, 2.05) is 0 Å². The SMILES string of the molecule is C=C(C)C(=O)OC(CCC=C(C)C(=O)O)C1CO1. The lowest BCUT2D eigenvalue weighted by molar-refractivity contribution is -0.145. The molecule has 0 aromatic rings. The van der Waals surface area contributed by atoms with Gasteiger partial charge in [-0.2, -0.15) is 0 Å². The Labute approximate surface area is 106 Å². The first-order valence-electron chi connectivity index (χ1n) is 5.80. The Hall–Kier alpha value is -1.62. The number of allylic oxidation sites excluding steroid dienone is 1. The smallest absolute Gasteiger partial charge is 0.333 e. The molecule has 1 heterocycles. The molecule has 0 saturated carbocycles. The summed E-state index contributed by atoms with van der Waals surface area (Å²) in [6, 6.07) is 0. The van der Waals surface area contributed by atoms with E-state index in [-0.39, 0.29) is 17.8 Å². The van der Waals surface area contributed by atoms with Crippen LogP contribution in [-0.4, -0.2) is 35.9 Å². The fraction of sp³-hybridized carbons (Fsp3) is 0.538. The van der Waals surface area contributed by atoms with Crippen LogP contribution in [0.2, 0.25) is 0 Å². The van der Waals surface area contributed by atoms with Gasteiger partial charge in [-0.25, -0.2) is 9.59 Å². The van der Waals surface area contributed by atoms with Crippen molar-refractivity contribution in [2.45, 2.75) is 38.9 Å². The lowest BCUT2D eigenvalue weighted by atomic mass is 10.1. The van der Waals surface area contributed by atoms with Crippen molar-refractivity contribution in [1.82, 2.24) is 0 Å². The van der Waals surface area contributed by atoms with Crippen molar-refractivity contribution in [2.24, 2.45) is 0 Å². The van der Waals surface area contributed by atoms with E-state index < -0.39 is 11.9 Å². The topological polar surface area (TPSA) is 76.1 Å². The van der Waals surface area contributed by atoms with Gasteiger partial charge in [-0.05, 0) is 26.7 Å². The molecule has 18 heavy (non-hydrogen) atoms. The number of rotatable bonds is 7. The average molecular weight is 254 g/mol. The molecule has 1 rings (SSSR count). The number of epoxide rings is 1. The Bertz CT molecular complexity index is 379. The summed E-state index contributed by atoms with van der Waals surface area (Å²) in [4.78, 5) is 22.0. The predicted octanol–water partition coefficient (Wildman–Crippen LogP) is 1.68. The highest BCUT2D eigenvalue weighted by Crippen LogP contribution is 2.22. The summed E-state index contributed by atoms with van der Waals surface area (Å²) >= 11 is 0. The second-order valence-corrected chi connectivity index (χ2v) is 4.37. The van der Waals surface area contributed by atoms with Crippen LogP contribution >= 0.6 is 0 Å². The van der Waals surface area contributed by atoms with Gasteiger partial charge in [0, 0.05) is 11.1 Å². The van der Waals surface area contributed by atoms with Crippen LogP contribution in [0.15, 0.2) is 23.8 Å². The number of carboxylic acids is 1. The third-order valence-electron chi connectivity index (χ3n) is 2.62. The zero-order valence-electron chi connectivity index (χ0n) is 10.6. The normalized spacial score (nSPS) is 20.1. The zero-order chi connectivity index (χ0) is 13.7. The van der Waals surface area contributed by atoms with Gasteiger partial charge in [0.1, 0.15) is 12.2 Å². The maximum Gasteiger partial charge on any atom is 0.333 e. The second kappa shape index (κ2) is 6.35. The van der Waals surface area contributed by atoms with Gasteiger partial charge in [0.25, 0.3) is 0 Å². The average Bonchev–Trinajstić information content (AvgIpc) is 3.10. The molecule has 0 spiro atoms. The summed E-state index contributed by atoms with van der Waals surface area (Å²) in [5, 5.41) is 8.70. The minimum Gasteiger partial charge on any atom is -0.478 e. The Kier molecular flexibility index (Phi) is 5.09. The molecule has 5 nitrogen and oxygen atoms in total. The first-order valence-corrected chi connectivity index (χ1v) is 5.80. The highest BCUT2D eigenvalue weighted by molar-refractivity contribution is 5.87. The van der Waals surface area contributed by atoms with E-state index in [4.69, 9.17) is 14.6 Å². The number of aliphatic carboxylic acids is 1. The van der Waals surface area contributed by atoms with E-state index in [1.165, 1.54) is 6.92 Å². The van der Waals surface area contributed by atoms with Crippen LogP contribution in [0.25, 0.3) is 0 Å². The Morgan fingerprint density at radius 3 is 2.61 bits per heavy atom. The number of carbonyl (C=O) groups excluding carboxylic acids is 1. The van der Waals surface area contributed by atoms with Gasteiger partial charge in [-0.1, -0.05) is 12.7 Å². The van der Waals surface area contributed by atoms with E-state index in [2.05, 4.69) is 6.58 Å². The number of carbonyl (C=O) groups is 2. The van der Waals surface area contributed by atoms with Crippen molar-refractivity contribution < 1.29 is 24.2 Å². The van der Waals surface area contributed by atoms with Gasteiger partial charge < -0.3 is 14.6 Å². The summed E-state index contributed by atoms with van der Waals surface area (Å²) in [5.41, 5.74) is 0.634. The minimum atomic E-state index is -0.937. The van der Waals surface area contributed by atoms with Crippen molar-refractivity contribution in [2.75, 3.05) is 6.61 Å². The number of carboxylic acid groups (broad SMARTS) is 1. The monoisotopic (exact) mass is 254 g/mol. The lowest BCUT2D eigenvalue weighted by Crippen LogP contribution is -2.24. The van der Waals surface area contributed by atoms with Gasteiger partial charge >= 0.3 is 11.9 Å². The summed E-state index contributed by atoms with van der Waals surface area (Å²) < 4.78 is 10.4. The van der Waals surface area contributed by atoms with E-state index in [9.17, 15) is 9.59 Å². The molecule has 100 valence electrons. The molecule has 2 unspecified atom stereocenters. The number of hydrogen-bond acceptors (Lipinski definition) is 4. The summed E-state index contributed by atoms with van der Waals surface area (Å²) in [5.74, 6) is -1.37. The van der Waals surface area contributed by atoms with Crippen LogP contribution in [0.4, 0.5) is 0 Å². The fourth-order valence-corrected chi connectivity index (χ4v) is 1.38. The summed E-state index contributed by atoms with van der Waals surface area (Å²) in [7, 11) is 0. The quantitative estimate of drug-likeness (QED) is 0.425. The maximum absolute atomic E-state index is 11.4. The molecule has 0 radical (unpaired) electrons. The number of ether oxygens (including phenoxy) is 2. The van der Waals surface area contributed by atoms with E-state index in [0.717, 1.165) is 0 Å². The first-order chi connectivity index (χ1) is 8.41. The molecule has 0 aliphatic carbocycles. The third kappa shape index (κ3) is 4.71. The minimum absolute atomic E-state index is 0.0631. The van der Waals surface area contributed by atoms with Crippen LogP contribution in [0.3, 0.4) is 0 Å². The third-order valence-corrected chi connectivity index (χ3v) is 2.62. The molecular weight excluding hydrogens is 236 g/mol. The van der Waals surface area contributed by atoms with Crippen molar-refractivity contribution in [3.05, 3.63) is 23.8 Å². The summed E-state index contributed by atoms with van der Waals surface area (Å²) in [6.45, 7) is 7.21. The molecule has 1 fully saturated rings. The molecule has 2 atom stereocenters. The molecule has 0 amide bonds. The first kappa shape index (κ1) is 14.4. The second-order valence-electron chi connectivity index (χ2n) is 4.37. The molecule has 0 bridgehead atoms. The lowest BCUT2D eigenvalue weighted by Gasteiger charge is -2.15. The molecule has 1 aliphatic heterocycles. The maximum atomic E-state index is 11.4. The summed E-state index contributed by atoms with van der Waals surface area (Å²) in [6.07, 6.45) is 2.31. The Balaban J connectivity index is 2.44. The van der Waals surface area contributed by atoms with Gasteiger partial charge in [0.2, 0.25) is 0 Å². The number of hydrogen-bond donors (Lipinski definition) is 1. The molecule has 1 N–H and O–H groups in total. The largest absolute Gasteiger partial charge is 0.478 e. The van der Waals surface area contributed by atoms with Crippen molar-refractivity contribution in [3.63, 3.8) is 0 Å². The van der Waals surface area contributed by atoms with Gasteiger partial charge in [-0.15, -0.1) is 0 Å². The Morgan fingerprint density at radius 1 is 1.56 bits per heavy atom. The van der Waals surface area contributed by atoms with Crippen LogP contribution in [0, 0.1) is 0 Å². The van der Waals surface area contributed by atoms with Gasteiger partial charge in [0.05, 0.1) is 6.61 Å². The van der Waals surface area contributed by atoms with E-state index >= 15 is 0 Å². The van der Waals surface area contributed by atoms with Crippen LogP contribution in [0.5, 0.6) is 0 Å². The predicted molar refractivity (Wildman–Crippen MR) is 65.1 cm³/mol. The van der Waals surface area contributed by atoms with Crippen LogP contribution in [-0.2, 0) is 19.1 Å². The molecule has 1 aliphatic rings. The van der Waals surface area contributed by atoms with Gasteiger partial charge in [-0.3, -0.25) is 0 Å². The van der Waals surface area contributed by atoms with Gasteiger partial charge in [0.15, 0.2) is 0 Å². The molecule has 5 heteroatoms. The van der Waals surface area contributed by atoms with Crippen molar-refractivity contribution in [1.29, 1.82) is 0 Å². The highest BCUT2D eigenvalue weighted by atomic mass is 16.6. The zero-order valence-corrected chi connectivity index (χ0v) is 10.6. The highest BCUT2D eigenvalue weighted by Gasteiger charge is 2.35. The van der Waals surface area contributed by atoms with Crippen molar-refractivity contribution >= 4 is 11.9 Å². The fourth-order valence-electron chi connectivity index (χ4n) is 1.38. The van der Waals surface area contributed by atoms with E-state index in [1.54, 1.807) is 13.0 Å². The molecule has 0 aromatic carbocycles. The Morgan fingerprint density at radius 2 is 2.17 bits per heavy atom. The van der Waals surface area contributed by atoms with Crippen molar-refractivity contribution in [3.8, 4) is 0 Å². The molecule has 1 saturated heterocycles.